The molecule has 27 heavy (non-hydrogen) atoms. The van der Waals surface area contributed by atoms with E-state index < -0.39 is 17.7 Å². The summed E-state index contributed by atoms with van der Waals surface area (Å²) >= 11 is 5.91. The first-order valence-corrected chi connectivity index (χ1v) is 9.00. The van der Waals surface area contributed by atoms with Crippen molar-refractivity contribution >= 4 is 29.1 Å². The fourth-order valence-electron chi connectivity index (χ4n) is 3.24. The van der Waals surface area contributed by atoms with Gasteiger partial charge in [0.25, 0.3) is 11.7 Å². The van der Waals surface area contributed by atoms with Crippen LogP contribution in [0, 0.1) is 0 Å². The van der Waals surface area contributed by atoms with Gasteiger partial charge < -0.3 is 14.7 Å². The van der Waals surface area contributed by atoms with E-state index in [-0.39, 0.29) is 11.3 Å². The predicted octanol–water partition coefficient (Wildman–Crippen LogP) is 3.80. The van der Waals surface area contributed by atoms with Crippen LogP contribution in [0.5, 0.6) is 0 Å². The Labute approximate surface area is 162 Å². The van der Waals surface area contributed by atoms with Gasteiger partial charge in [-0.25, -0.2) is 0 Å². The molecule has 2 aromatic carbocycles. The molecule has 6 heteroatoms. The van der Waals surface area contributed by atoms with E-state index in [2.05, 4.69) is 0 Å². The molecular formula is C21H20ClNO4. The zero-order chi connectivity index (χ0) is 19.4. The number of amides is 1. The number of carbonyl (C=O) groups excluding carboxylic acids is 2. The number of ether oxygens (including phenoxy) is 1. The van der Waals surface area contributed by atoms with Gasteiger partial charge in [0.2, 0.25) is 0 Å². The Bertz CT molecular complexity index is 862. The van der Waals surface area contributed by atoms with Crippen LogP contribution in [-0.4, -0.2) is 42.0 Å². The molecule has 140 valence electrons. The SMILES string of the molecule is COCCCN1C(=O)C(=O)C(=C(O)c2ccc(Cl)cc2)[C@H]1c1ccccc1. The Morgan fingerprint density at radius 1 is 1.11 bits per heavy atom. The minimum Gasteiger partial charge on any atom is -0.507 e. The summed E-state index contributed by atoms with van der Waals surface area (Å²) in [5.74, 6) is -1.50. The summed E-state index contributed by atoms with van der Waals surface area (Å²) in [7, 11) is 1.59. The Hall–Kier alpha value is -2.63. The molecule has 5 nitrogen and oxygen atoms in total. The van der Waals surface area contributed by atoms with Crippen molar-refractivity contribution in [1.29, 1.82) is 0 Å². The van der Waals surface area contributed by atoms with Gasteiger partial charge in [-0.15, -0.1) is 0 Å². The number of aliphatic hydroxyl groups is 1. The normalized spacial score (nSPS) is 18.9. The van der Waals surface area contributed by atoms with Crippen molar-refractivity contribution in [2.24, 2.45) is 0 Å². The molecule has 0 spiro atoms. The fourth-order valence-corrected chi connectivity index (χ4v) is 3.36. The van der Waals surface area contributed by atoms with E-state index >= 15 is 0 Å². The Morgan fingerprint density at radius 2 is 1.78 bits per heavy atom. The van der Waals surface area contributed by atoms with E-state index in [1.54, 1.807) is 31.4 Å². The quantitative estimate of drug-likeness (QED) is 0.355. The van der Waals surface area contributed by atoms with Gasteiger partial charge in [0.1, 0.15) is 5.76 Å². The largest absolute Gasteiger partial charge is 0.507 e. The first kappa shape index (κ1) is 19.1. The van der Waals surface area contributed by atoms with Gasteiger partial charge in [0.15, 0.2) is 0 Å². The lowest BCUT2D eigenvalue weighted by Crippen LogP contribution is -2.31. The molecule has 0 unspecified atom stereocenters. The van der Waals surface area contributed by atoms with Gasteiger partial charge in [0, 0.05) is 30.8 Å². The molecule has 0 aromatic heterocycles. The summed E-state index contributed by atoms with van der Waals surface area (Å²) in [5.41, 5.74) is 1.30. The number of carbonyl (C=O) groups is 2. The number of hydrogen-bond acceptors (Lipinski definition) is 4. The van der Waals surface area contributed by atoms with Crippen LogP contribution in [0.1, 0.15) is 23.6 Å². The molecule has 2 aromatic rings. The van der Waals surface area contributed by atoms with Crippen molar-refractivity contribution in [2.45, 2.75) is 12.5 Å². The third-order valence-corrected chi connectivity index (χ3v) is 4.77. The standard InChI is InChI=1S/C21H20ClNO4/c1-27-13-5-12-23-18(14-6-3-2-4-7-14)17(20(25)21(23)26)19(24)15-8-10-16(22)11-9-15/h2-4,6-11,18,24H,5,12-13H2,1H3/t18-/m1/s1. The van der Waals surface area contributed by atoms with E-state index in [1.807, 2.05) is 30.3 Å². The summed E-state index contributed by atoms with van der Waals surface area (Å²) in [6, 6.07) is 15.1. The molecule has 1 amide bonds. The second-order valence-corrected chi connectivity index (χ2v) is 6.69. The average Bonchev–Trinajstić information content (AvgIpc) is 2.94. The molecule has 3 rings (SSSR count). The van der Waals surface area contributed by atoms with Crippen LogP contribution in [0.3, 0.4) is 0 Å². The van der Waals surface area contributed by atoms with Crippen molar-refractivity contribution in [3.05, 3.63) is 76.3 Å². The van der Waals surface area contributed by atoms with Crippen LogP contribution in [-0.2, 0) is 14.3 Å². The van der Waals surface area contributed by atoms with Gasteiger partial charge in [-0.1, -0.05) is 41.9 Å². The topological polar surface area (TPSA) is 66.8 Å². The summed E-state index contributed by atoms with van der Waals surface area (Å²) in [5, 5.41) is 11.4. The summed E-state index contributed by atoms with van der Waals surface area (Å²) in [6.07, 6.45) is 0.591. The van der Waals surface area contributed by atoms with E-state index in [9.17, 15) is 14.7 Å². The Morgan fingerprint density at radius 3 is 2.41 bits per heavy atom. The molecule has 0 radical (unpaired) electrons. The van der Waals surface area contributed by atoms with Gasteiger partial charge in [0.05, 0.1) is 11.6 Å². The molecule has 1 N–H and O–H groups in total. The van der Waals surface area contributed by atoms with Crippen molar-refractivity contribution in [3.8, 4) is 0 Å². The molecule has 1 fully saturated rings. The van der Waals surface area contributed by atoms with Crippen molar-refractivity contribution < 1.29 is 19.4 Å². The van der Waals surface area contributed by atoms with Crippen LogP contribution in [0.2, 0.25) is 5.02 Å². The minimum atomic E-state index is -0.686. The number of halogens is 1. The number of methoxy groups -OCH3 is 1. The number of rotatable bonds is 6. The lowest BCUT2D eigenvalue weighted by molar-refractivity contribution is -0.140. The summed E-state index contributed by atoms with van der Waals surface area (Å²) in [4.78, 5) is 26.9. The summed E-state index contributed by atoms with van der Waals surface area (Å²) < 4.78 is 5.06. The Balaban J connectivity index is 2.09. The zero-order valence-electron chi connectivity index (χ0n) is 14.9. The van der Waals surface area contributed by atoms with Crippen LogP contribution in [0.4, 0.5) is 0 Å². The lowest BCUT2D eigenvalue weighted by Gasteiger charge is -2.25. The maximum absolute atomic E-state index is 12.7. The second-order valence-electron chi connectivity index (χ2n) is 6.26. The number of benzene rings is 2. The van der Waals surface area contributed by atoms with E-state index in [1.165, 1.54) is 4.90 Å². The van der Waals surface area contributed by atoms with Crippen molar-refractivity contribution in [3.63, 3.8) is 0 Å². The third-order valence-electron chi connectivity index (χ3n) is 4.52. The first-order valence-electron chi connectivity index (χ1n) is 8.63. The highest BCUT2D eigenvalue weighted by molar-refractivity contribution is 6.46. The molecular weight excluding hydrogens is 366 g/mol. The van der Waals surface area contributed by atoms with Gasteiger partial charge in [-0.3, -0.25) is 9.59 Å². The van der Waals surface area contributed by atoms with Gasteiger partial charge >= 0.3 is 0 Å². The lowest BCUT2D eigenvalue weighted by atomic mass is 9.95. The number of ketones is 1. The molecule has 1 heterocycles. The van der Waals surface area contributed by atoms with Crippen LogP contribution < -0.4 is 0 Å². The van der Waals surface area contributed by atoms with E-state index in [0.717, 1.165) is 5.56 Å². The predicted molar refractivity (Wildman–Crippen MR) is 103 cm³/mol. The van der Waals surface area contributed by atoms with Crippen LogP contribution in [0.15, 0.2) is 60.2 Å². The highest BCUT2D eigenvalue weighted by Crippen LogP contribution is 2.39. The number of likely N-dealkylation sites (tertiary alicyclic amines) is 1. The highest BCUT2D eigenvalue weighted by atomic mass is 35.5. The Kier molecular flexibility index (Phi) is 5.94. The first-order chi connectivity index (χ1) is 13.0. The third kappa shape index (κ3) is 3.89. The van der Waals surface area contributed by atoms with Gasteiger partial charge in [-0.2, -0.15) is 0 Å². The zero-order valence-corrected chi connectivity index (χ0v) is 15.6. The number of Topliss-reactive ketones (excluding diaryl/α,β-unsaturated/α-hetero) is 1. The maximum atomic E-state index is 12.7. The molecule has 1 saturated heterocycles. The smallest absolute Gasteiger partial charge is 0.295 e. The summed E-state index contributed by atoms with van der Waals surface area (Å²) in [6.45, 7) is 0.830. The average molecular weight is 386 g/mol. The van der Waals surface area contributed by atoms with E-state index in [4.69, 9.17) is 16.3 Å². The van der Waals surface area contributed by atoms with Crippen LogP contribution in [0.25, 0.3) is 5.76 Å². The maximum Gasteiger partial charge on any atom is 0.295 e. The molecule has 0 bridgehead atoms. The highest BCUT2D eigenvalue weighted by Gasteiger charge is 2.45. The van der Waals surface area contributed by atoms with Crippen LogP contribution >= 0.6 is 11.6 Å². The molecule has 0 saturated carbocycles. The monoisotopic (exact) mass is 385 g/mol. The number of hydrogen-bond donors (Lipinski definition) is 1. The molecule has 0 aliphatic carbocycles. The molecule has 1 aliphatic heterocycles. The number of aliphatic hydroxyl groups excluding tert-OH is 1. The molecule has 1 atom stereocenters. The van der Waals surface area contributed by atoms with Crippen molar-refractivity contribution in [1.82, 2.24) is 4.90 Å². The molecule has 1 aliphatic rings. The second kappa shape index (κ2) is 8.37. The van der Waals surface area contributed by atoms with E-state index in [0.29, 0.717) is 30.2 Å². The van der Waals surface area contributed by atoms with Crippen molar-refractivity contribution in [2.75, 3.05) is 20.3 Å². The minimum absolute atomic E-state index is 0.0888. The van der Waals surface area contributed by atoms with Gasteiger partial charge in [-0.05, 0) is 36.2 Å². The fraction of sp³-hybridized carbons (Fsp3) is 0.238. The number of nitrogens with zero attached hydrogens (tertiary/aromatic N) is 1.